The van der Waals surface area contributed by atoms with Crippen LogP contribution in [0.3, 0.4) is 0 Å². The molecule has 0 saturated carbocycles. The van der Waals surface area contributed by atoms with E-state index in [1.165, 1.54) is 0 Å². The van der Waals surface area contributed by atoms with Gasteiger partial charge in [0.05, 0.1) is 24.8 Å². The molecule has 0 spiro atoms. The Labute approximate surface area is 184 Å². The molecular formula is C25H31N3O3. The molecule has 3 aromatic rings. The van der Waals surface area contributed by atoms with Gasteiger partial charge in [-0.1, -0.05) is 47.6 Å². The van der Waals surface area contributed by atoms with Gasteiger partial charge in [0.25, 0.3) is 5.91 Å². The SMILES string of the molecule is COc1ccccc1C(=O)N(Cc1c(-c2ccccc2)noc1N(C)C(C)C)C(C)C. The Hall–Kier alpha value is -3.28. The number of amides is 1. The number of benzene rings is 2. The van der Waals surface area contributed by atoms with Crippen LogP contribution in [-0.4, -0.2) is 42.2 Å². The molecule has 6 heteroatoms. The van der Waals surface area contributed by atoms with Crippen LogP contribution in [0, 0.1) is 0 Å². The van der Waals surface area contributed by atoms with Crippen LogP contribution in [-0.2, 0) is 6.54 Å². The molecule has 0 unspecified atom stereocenters. The monoisotopic (exact) mass is 421 g/mol. The van der Waals surface area contributed by atoms with Crippen molar-refractivity contribution in [3.8, 4) is 17.0 Å². The number of nitrogens with zero attached hydrogens (tertiary/aromatic N) is 3. The highest BCUT2D eigenvalue weighted by atomic mass is 16.5. The smallest absolute Gasteiger partial charge is 0.258 e. The summed E-state index contributed by atoms with van der Waals surface area (Å²) in [5, 5.41) is 4.39. The number of methoxy groups -OCH3 is 1. The van der Waals surface area contributed by atoms with Crippen molar-refractivity contribution in [1.29, 1.82) is 0 Å². The van der Waals surface area contributed by atoms with E-state index in [9.17, 15) is 4.79 Å². The van der Waals surface area contributed by atoms with Gasteiger partial charge in [0, 0.05) is 24.7 Å². The number of carbonyl (C=O) groups is 1. The van der Waals surface area contributed by atoms with Crippen molar-refractivity contribution in [2.45, 2.75) is 46.3 Å². The Morgan fingerprint density at radius 1 is 1.00 bits per heavy atom. The average Bonchev–Trinajstić information content (AvgIpc) is 3.20. The lowest BCUT2D eigenvalue weighted by Gasteiger charge is -2.29. The highest BCUT2D eigenvalue weighted by Gasteiger charge is 2.28. The Morgan fingerprint density at radius 3 is 2.26 bits per heavy atom. The third kappa shape index (κ3) is 4.74. The molecule has 6 nitrogen and oxygen atoms in total. The highest BCUT2D eigenvalue weighted by molar-refractivity contribution is 5.97. The first kappa shape index (κ1) is 22.4. The maximum atomic E-state index is 13.5. The van der Waals surface area contributed by atoms with Crippen LogP contribution in [0.25, 0.3) is 11.3 Å². The minimum Gasteiger partial charge on any atom is -0.496 e. The molecule has 164 valence electrons. The predicted octanol–water partition coefficient (Wildman–Crippen LogP) is 5.25. The third-order valence-corrected chi connectivity index (χ3v) is 5.46. The van der Waals surface area contributed by atoms with Gasteiger partial charge < -0.3 is 19.1 Å². The zero-order valence-electron chi connectivity index (χ0n) is 19.1. The fourth-order valence-electron chi connectivity index (χ4n) is 3.41. The maximum Gasteiger partial charge on any atom is 0.258 e. The first-order valence-corrected chi connectivity index (χ1v) is 10.6. The molecule has 31 heavy (non-hydrogen) atoms. The van der Waals surface area contributed by atoms with Crippen molar-refractivity contribution < 1.29 is 14.1 Å². The lowest BCUT2D eigenvalue weighted by atomic mass is 10.0. The minimum absolute atomic E-state index is 0.0341. The number of rotatable bonds is 8. The number of para-hydroxylation sites is 1. The van der Waals surface area contributed by atoms with Gasteiger partial charge in [-0.15, -0.1) is 0 Å². The maximum absolute atomic E-state index is 13.5. The fraction of sp³-hybridized carbons (Fsp3) is 0.360. The molecule has 0 fully saturated rings. The number of anilines is 1. The molecule has 0 atom stereocenters. The Balaban J connectivity index is 2.07. The normalized spacial score (nSPS) is 11.1. The number of hydrogen-bond acceptors (Lipinski definition) is 5. The summed E-state index contributed by atoms with van der Waals surface area (Å²) in [5.41, 5.74) is 3.13. The quantitative estimate of drug-likeness (QED) is 0.497. The lowest BCUT2D eigenvalue weighted by molar-refractivity contribution is 0.0687. The summed E-state index contributed by atoms with van der Waals surface area (Å²) >= 11 is 0. The van der Waals surface area contributed by atoms with E-state index in [2.05, 4.69) is 19.0 Å². The molecule has 0 saturated heterocycles. The molecule has 0 bridgehead atoms. The summed E-state index contributed by atoms with van der Waals surface area (Å²) in [6.07, 6.45) is 0. The number of ether oxygens (including phenoxy) is 1. The minimum atomic E-state index is -0.0918. The van der Waals surface area contributed by atoms with E-state index in [1.54, 1.807) is 19.2 Å². The summed E-state index contributed by atoms with van der Waals surface area (Å²) in [6.45, 7) is 8.57. The Bertz CT molecular complexity index is 1010. The van der Waals surface area contributed by atoms with E-state index in [4.69, 9.17) is 9.26 Å². The largest absolute Gasteiger partial charge is 0.496 e. The van der Waals surface area contributed by atoms with E-state index in [0.717, 1.165) is 16.8 Å². The van der Waals surface area contributed by atoms with Crippen LogP contribution in [0.5, 0.6) is 5.75 Å². The molecule has 1 aromatic heterocycles. The summed E-state index contributed by atoms with van der Waals surface area (Å²) in [5.74, 6) is 1.14. The van der Waals surface area contributed by atoms with E-state index in [1.807, 2.05) is 73.2 Å². The van der Waals surface area contributed by atoms with E-state index in [0.29, 0.717) is 23.7 Å². The first-order valence-electron chi connectivity index (χ1n) is 10.6. The van der Waals surface area contributed by atoms with Crippen LogP contribution >= 0.6 is 0 Å². The second-order valence-corrected chi connectivity index (χ2v) is 8.11. The first-order chi connectivity index (χ1) is 14.8. The number of hydrogen-bond donors (Lipinski definition) is 0. The lowest BCUT2D eigenvalue weighted by Crippen LogP contribution is -2.37. The van der Waals surface area contributed by atoms with Crippen LogP contribution in [0.1, 0.15) is 43.6 Å². The van der Waals surface area contributed by atoms with Gasteiger partial charge in [0.1, 0.15) is 11.4 Å². The van der Waals surface area contributed by atoms with Crippen molar-refractivity contribution in [3.63, 3.8) is 0 Å². The van der Waals surface area contributed by atoms with Crippen molar-refractivity contribution in [3.05, 3.63) is 65.7 Å². The average molecular weight is 422 g/mol. The van der Waals surface area contributed by atoms with Gasteiger partial charge >= 0.3 is 0 Å². The zero-order chi connectivity index (χ0) is 22.5. The van der Waals surface area contributed by atoms with Gasteiger partial charge in [-0.05, 0) is 39.8 Å². The molecule has 3 rings (SSSR count). The van der Waals surface area contributed by atoms with Crippen molar-refractivity contribution in [1.82, 2.24) is 10.1 Å². The second kappa shape index (κ2) is 9.69. The predicted molar refractivity (Wildman–Crippen MR) is 123 cm³/mol. The van der Waals surface area contributed by atoms with E-state index < -0.39 is 0 Å². The molecular weight excluding hydrogens is 390 g/mol. The Kier molecular flexibility index (Phi) is 7.00. The molecule has 1 heterocycles. The van der Waals surface area contributed by atoms with Crippen molar-refractivity contribution in [2.24, 2.45) is 0 Å². The molecule has 0 radical (unpaired) electrons. The highest BCUT2D eigenvalue weighted by Crippen LogP contribution is 2.34. The molecule has 0 aliphatic carbocycles. The summed E-state index contributed by atoms with van der Waals surface area (Å²) in [4.78, 5) is 17.4. The molecule has 2 aromatic carbocycles. The van der Waals surface area contributed by atoms with Crippen LogP contribution in [0.2, 0.25) is 0 Å². The Morgan fingerprint density at radius 2 is 1.65 bits per heavy atom. The van der Waals surface area contributed by atoms with Gasteiger partial charge in [0.2, 0.25) is 5.88 Å². The van der Waals surface area contributed by atoms with Crippen LogP contribution in [0.4, 0.5) is 5.88 Å². The zero-order valence-corrected chi connectivity index (χ0v) is 19.1. The van der Waals surface area contributed by atoms with E-state index in [-0.39, 0.29) is 18.0 Å². The third-order valence-electron chi connectivity index (χ3n) is 5.46. The van der Waals surface area contributed by atoms with Crippen LogP contribution in [0.15, 0.2) is 59.1 Å². The standard InChI is InChI=1S/C25H31N3O3/c1-17(2)27(5)25-21(23(26-31-25)19-12-8-7-9-13-19)16-28(18(3)4)24(29)20-14-10-11-15-22(20)30-6/h7-15,17-18H,16H2,1-6H3. The topological polar surface area (TPSA) is 58.8 Å². The molecule has 0 N–H and O–H groups in total. The summed E-state index contributed by atoms with van der Waals surface area (Å²) in [7, 11) is 3.56. The van der Waals surface area contributed by atoms with Gasteiger partial charge in [-0.25, -0.2) is 0 Å². The van der Waals surface area contributed by atoms with Gasteiger partial charge in [-0.2, -0.15) is 0 Å². The summed E-state index contributed by atoms with van der Waals surface area (Å²) in [6, 6.07) is 17.4. The van der Waals surface area contributed by atoms with Gasteiger partial charge in [-0.3, -0.25) is 4.79 Å². The van der Waals surface area contributed by atoms with Crippen molar-refractivity contribution in [2.75, 3.05) is 19.1 Å². The molecule has 0 aliphatic rings. The second-order valence-electron chi connectivity index (χ2n) is 8.11. The molecule has 1 amide bonds. The van der Waals surface area contributed by atoms with Crippen LogP contribution < -0.4 is 9.64 Å². The summed E-state index contributed by atoms with van der Waals surface area (Å²) < 4.78 is 11.2. The number of aromatic nitrogens is 1. The molecule has 0 aliphatic heterocycles. The van der Waals surface area contributed by atoms with E-state index >= 15 is 0 Å². The number of carbonyl (C=O) groups excluding carboxylic acids is 1. The fourth-order valence-corrected chi connectivity index (χ4v) is 3.41. The van der Waals surface area contributed by atoms with Crippen molar-refractivity contribution >= 4 is 11.8 Å². The van der Waals surface area contributed by atoms with Gasteiger partial charge in [0.15, 0.2) is 0 Å².